The van der Waals surface area contributed by atoms with Crippen molar-refractivity contribution in [2.24, 2.45) is 17.8 Å². The first-order valence-electron chi connectivity index (χ1n) is 13.9. The summed E-state index contributed by atoms with van der Waals surface area (Å²) in [6, 6.07) is 9.55. The zero-order valence-corrected chi connectivity index (χ0v) is 21.7. The van der Waals surface area contributed by atoms with Gasteiger partial charge in [-0.3, -0.25) is 9.59 Å². The molecule has 2 amide bonds. The molecule has 1 saturated carbocycles. The maximum atomic E-state index is 13.1. The van der Waals surface area contributed by atoms with E-state index in [4.69, 9.17) is 4.74 Å². The molecule has 1 heterocycles. The standard InChI is InChI=1S/C29H46N2O4/c1-3-21(2)18-28(33)30-25(23-12-8-5-9-13-23)20-27(32)26(19-22-10-6-4-7-11-22)31-29(34)24-14-16-35-17-15-24/h4,6-7,10-11,21,23-27,32H,3,5,8-9,12-20H2,1-2H3,(H,30,33)(H,31,34)/t21?,25?,26?,27-/m0/s1. The van der Waals surface area contributed by atoms with Gasteiger partial charge in [-0.15, -0.1) is 0 Å². The van der Waals surface area contributed by atoms with Gasteiger partial charge in [-0.25, -0.2) is 0 Å². The summed E-state index contributed by atoms with van der Waals surface area (Å²) in [4.78, 5) is 25.9. The third-order valence-corrected chi connectivity index (χ3v) is 7.97. The van der Waals surface area contributed by atoms with Gasteiger partial charge in [0.05, 0.1) is 12.1 Å². The number of benzene rings is 1. The normalized spacial score (nSPS) is 21.0. The number of aliphatic hydroxyl groups excluding tert-OH is 1. The number of hydrogen-bond donors (Lipinski definition) is 3. The summed E-state index contributed by atoms with van der Waals surface area (Å²) in [6.45, 7) is 5.42. The summed E-state index contributed by atoms with van der Waals surface area (Å²) in [5.41, 5.74) is 1.08. The molecule has 2 fully saturated rings. The first-order chi connectivity index (χ1) is 17.0. The third kappa shape index (κ3) is 9.23. The summed E-state index contributed by atoms with van der Waals surface area (Å²) in [5.74, 6) is 0.731. The fourth-order valence-corrected chi connectivity index (χ4v) is 5.47. The molecule has 2 aliphatic rings. The minimum absolute atomic E-state index is 0.00306. The van der Waals surface area contributed by atoms with Crippen LogP contribution >= 0.6 is 0 Å². The number of rotatable bonds is 12. The van der Waals surface area contributed by atoms with Crippen LogP contribution in [0.2, 0.25) is 0 Å². The van der Waals surface area contributed by atoms with Gasteiger partial charge < -0.3 is 20.5 Å². The van der Waals surface area contributed by atoms with Crippen LogP contribution in [0.3, 0.4) is 0 Å². The van der Waals surface area contributed by atoms with Crippen LogP contribution in [0.25, 0.3) is 0 Å². The Morgan fingerprint density at radius 1 is 1.03 bits per heavy atom. The lowest BCUT2D eigenvalue weighted by Gasteiger charge is -2.35. The fraction of sp³-hybridized carbons (Fsp3) is 0.724. The number of nitrogens with one attached hydrogen (secondary N) is 2. The van der Waals surface area contributed by atoms with Crippen LogP contribution in [-0.4, -0.2) is 48.3 Å². The van der Waals surface area contributed by atoms with Gasteiger partial charge in [-0.05, 0) is 55.9 Å². The number of hydrogen-bond acceptors (Lipinski definition) is 4. The highest BCUT2D eigenvalue weighted by atomic mass is 16.5. The van der Waals surface area contributed by atoms with Gasteiger partial charge in [0.1, 0.15) is 0 Å². The van der Waals surface area contributed by atoms with Gasteiger partial charge in [0.2, 0.25) is 11.8 Å². The molecule has 3 rings (SSSR count). The molecule has 1 aromatic carbocycles. The van der Waals surface area contributed by atoms with E-state index in [0.29, 0.717) is 44.3 Å². The largest absolute Gasteiger partial charge is 0.391 e. The average molecular weight is 487 g/mol. The van der Waals surface area contributed by atoms with Crippen LogP contribution in [-0.2, 0) is 20.7 Å². The zero-order chi connectivity index (χ0) is 25.0. The smallest absolute Gasteiger partial charge is 0.223 e. The van der Waals surface area contributed by atoms with Gasteiger partial charge in [0, 0.05) is 31.6 Å². The molecule has 4 atom stereocenters. The van der Waals surface area contributed by atoms with Crippen LogP contribution < -0.4 is 10.6 Å². The van der Waals surface area contributed by atoms with E-state index >= 15 is 0 Å². The molecule has 3 N–H and O–H groups in total. The van der Waals surface area contributed by atoms with E-state index in [-0.39, 0.29) is 23.8 Å². The van der Waals surface area contributed by atoms with Crippen molar-refractivity contribution in [1.82, 2.24) is 10.6 Å². The lowest BCUT2D eigenvalue weighted by Crippen LogP contribution is -2.51. The topological polar surface area (TPSA) is 87.7 Å². The van der Waals surface area contributed by atoms with E-state index < -0.39 is 12.1 Å². The average Bonchev–Trinajstić information content (AvgIpc) is 2.89. The van der Waals surface area contributed by atoms with Crippen LogP contribution in [0.15, 0.2) is 30.3 Å². The number of aliphatic hydroxyl groups is 1. The van der Waals surface area contributed by atoms with E-state index in [0.717, 1.165) is 37.7 Å². The highest BCUT2D eigenvalue weighted by molar-refractivity contribution is 5.79. The summed E-state index contributed by atoms with van der Waals surface area (Å²) in [7, 11) is 0. The molecule has 1 saturated heterocycles. The second kappa shape index (κ2) is 14.6. The zero-order valence-electron chi connectivity index (χ0n) is 21.7. The maximum Gasteiger partial charge on any atom is 0.223 e. The Hall–Kier alpha value is -1.92. The van der Waals surface area contributed by atoms with Crippen molar-refractivity contribution in [3.63, 3.8) is 0 Å². The van der Waals surface area contributed by atoms with Crippen molar-refractivity contribution < 1.29 is 19.4 Å². The van der Waals surface area contributed by atoms with Crippen molar-refractivity contribution in [3.05, 3.63) is 35.9 Å². The fourth-order valence-electron chi connectivity index (χ4n) is 5.47. The van der Waals surface area contributed by atoms with Gasteiger partial charge in [0.15, 0.2) is 0 Å². The number of ether oxygens (including phenoxy) is 1. The lowest BCUT2D eigenvalue weighted by atomic mass is 9.80. The van der Waals surface area contributed by atoms with Crippen molar-refractivity contribution in [2.45, 2.75) is 103 Å². The Labute approximate surface area is 211 Å². The van der Waals surface area contributed by atoms with E-state index in [1.54, 1.807) is 0 Å². The highest BCUT2D eigenvalue weighted by Gasteiger charge is 2.32. The predicted octanol–water partition coefficient (Wildman–Crippen LogP) is 4.39. The molecule has 35 heavy (non-hydrogen) atoms. The first kappa shape index (κ1) is 27.7. The predicted molar refractivity (Wildman–Crippen MR) is 139 cm³/mol. The summed E-state index contributed by atoms with van der Waals surface area (Å²) < 4.78 is 5.42. The molecule has 0 radical (unpaired) electrons. The van der Waals surface area contributed by atoms with Crippen molar-refractivity contribution in [2.75, 3.05) is 13.2 Å². The molecule has 6 nitrogen and oxygen atoms in total. The number of carbonyl (C=O) groups excluding carboxylic acids is 2. The van der Waals surface area contributed by atoms with E-state index in [9.17, 15) is 14.7 Å². The van der Waals surface area contributed by atoms with Crippen LogP contribution in [0.1, 0.15) is 83.6 Å². The van der Waals surface area contributed by atoms with Crippen molar-refractivity contribution >= 4 is 11.8 Å². The third-order valence-electron chi connectivity index (χ3n) is 7.97. The van der Waals surface area contributed by atoms with Crippen molar-refractivity contribution in [3.8, 4) is 0 Å². The second-order valence-corrected chi connectivity index (χ2v) is 10.8. The van der Waals surface area contributed by atoms with E-state index in [1.807, 2.05) is 30.3 Å². The summed E-state index contributed by atoms with van der Waals surface area (Å²) in [6.07, 6.45) is 8.96. The first-order valence-corrected chi connectivity index (χ1v) is 13.9. The Balaban J connectivity index is 1.71. The number of amides is 2. The molecule has 1 aliphatic heterocycles. The highest BCUT2D eigenvalue weighted by Crippen LogP contribution is 2.29. The van der Waals surface area contributed by atoms with E-state index in [1.165, 1.54) is 19.3 Å². The lowest BCUT2D eigenvalue weighted by molar-refractivity contribution is -0.130. The van der Waals surface area contributed by atoms with E-state index in [2.05, 4.69) is 24.5 Å². The Morgan fingerprint density at radius 2 is 1.71 bits per heavy atom. The van der Waals surface area contributed by atoms with Gasteiger partial charge >= 0.3 is 0 Å². The molecule has 3 unspecified atom stereocenters. The number of carbonyl (C=O) groups is 2. The van der Waals surface area contributed by atoms with Crippen molar-refractivity contribution in [1.29, 1.82) is 0 Å². The summed E-state index contributed by atoms with van der Waals surface area (Å²) >= 11 is 0. The quantitative estimate of drug-likeness (QED) is 0.409. The molecular weight excluding hydrogens is 440 g/mol. The molecule has 196 valence electrons. The maximum absolute atomic E-state index is 13.1. The summed E-state index contributed by atoms with van der Waals surface area (Å²) in [5, 5.41) is 17.9. The second-order valence-electron chi connectivity index (χ2n) is 10.8. The monoisotopic (exact) mass is 486 g/mol. The minimum Gasteiger partial charge on any atom is -0.391 e. The molecule has 0 aromatic heterocycles. The van der Waals surface area contributed by atoms with Gasteiger partial charge in [-0.1, -0.05) is 69.9 Å². The van der Waals surface area contributed by atoms with Crippen LogP contribution in [0.4, 0.5) is 0 Å². The Bertz CT molecular complexity index is 759. The molecule has 1 aromatic rings. The Kier molecular flexibility index (Phi) is 11.5. The SMILES string of the molecule is CCC(C)CC(=O)NC(C[C@H](O)C(Cc1ccccc1)NC(=O)C1CCOCC1)C1CCCCC1. The van der Waals surface area contributed by atoms with Gasteiger partial charge in [0.25, 0.3) is 0 Å². The van der Waals surface area contributed by atoms with Gasteiger partial charge in [-0.2, -0.15) is 0 Å². The van der Waals surface area contributed by atoms with Crippen LogP contribution in [0.5, 0.6) is 0 Å². The van der Waals surface area contributed by atoms with Crippen LogP contribution in [0, 0.1) is 17.8 Å². The molecule has 1 aliphatic carbocycles. The minimum atomic E-state index is -0.741. The Morgan fingerprint density at radius 3 is 2.37 bits per heavy atom. The molecule has 0 bridgehead atoms. The molecular formula is C29H46N2O4. The molecule has 0 spiro atoms. The molecule has 6 heteroatoms.